The van der Waals surface area contributed by atoms with Crippen LogP contribution >= 0.6 is 0 Å². The molecule has 0 aromatic heterocycles. The van der Waals surface area contributed by atoms with E-state index in [1.165, 1.54) is 67.2 Å². The van der Waals surface area contributed by atoms with Crippen molar-refractivity contribution < 1.29 is 0 Å². The van der Waals surface area contributed by atoms with Crippen LogP contribution in [0.4, 0.5) is 0 Å². The normalized spacial score (nSPS) is 15.5. The molecule has 0 amide bonds. The number of aryl methyl sites for hydroxylation is 3. The molecule has 1 aliphatic carbocycles. The Kier molecular flexibility index (Phi) is 14.5. The Hall–Kier alpha value is -1.60. The second kappa shape index (κ2) is 15.5. The lowest BCUT2D eigenvalue weighted by Gasteiger charge is -2.24. The van der Waals surface area contributed by atoms with E-state index in [0.29, 0.717) is 5.92 Å². The lowest BCUT2D eigenvalue weighted by molar-refractivity contribution is 0.635. The molecule has 0 heterocycles. The average molecular weight is 370 g/mol. The van der Waals surface area contributed by atoms with Gasteiger partial charge in [-0.05, 0) is 89.2 Å². The van der Waals surface area contributed by atoms with Gasteiger partial charge in [0, 0.05) is 5.92 Å². The average Bonchev–Trinajstić information content (AvgIpc) is 2.63. The summed E-state index contributed by atoms with van der Waals surface area (Å²) in [6, 6.07) is 4.85. The molecule has 1 unspecified atom stereocenters. The van der Waals surface area contributed by atoms with E-state index in [9.17, 15) is 0 Å². The van der Waals surface area contributed by atoms with Crippen molar-refractivity contribution in [1.82, 2.24) is 5.32 Å². The number of nitrogens with one attached hydrogen (secondary N) is 1. The molecule has 1 atom stereocenters. The monoisotopic (exact) mass is 369 g/mol. The zero-order valence-electron chi connectivity index (χ0n) is 18.8. The summed E-state index contributed by atoms with van der Waals surface area (Å²) in [4.78, 5) is 0. The van der Waals surface area contributed by atoms with E-state index in [1.54, 1.807) is 11.6 Å². The van der Waals surface area contributed by atoms with Crippen molar-refractivity contribution >= 4 is 0 Å². The fourth-order valence-corrected chi connectivity index (χ4v) is 3.72. The van der Waals surface area contributed by atoms with Gasteiger partial charge in [-0.25, -0.2) is 0 Å². The largest absolute Gasteiger partial charge is 0.323 e. The van der Waals surface area contributed by atoms with Crippen LogP contribution in [0.5, 0.6) is 0 Å². The summed E-state index contributed by atoms with van der Waals surface area (Å²) < 4.78 is 0. The third-order valence-corrected chi connectivity index (χ3v) is 4.75. The predicted molar refractivity (Wildman–Crippen MR) is 125 cm³/mol. The molecule has 0 fully saturated rings. The third kappa shape index (κ3) is 9.77. The highest BCUT2D eigenvalue weighted by atomic mass is 14.7. The van der Waals surface area contributed by atoms with Gasteiger partial charge >= 0.3 is 0 Å². The molecule has 1 aliphatic rings. The van der Waals surface area contributed by atoms with Gasteiger partial charge in [-0.3, -0.25) is 0 Å². The van der Waals surface area contributed by atoms with Gasteiger partial charge in [0.2, 0.25) is 0 Å². The Bertz CT molecular complexity index is 557. The van der Waals surface area contributed by atoms with E-state index < -0.39 is 0 Å². The van der Waals surface area contributed by atoms with E-state index in [4.69, 9.17) is 0 Å². The summed E-state index contributed by atoms with van der Waals surface area (Å²) in [5.74, 6) is 0.594. The maximum Gasteiger partial charge on any atom is 0.00291 e. The minimum Gasteiger partial charge on any atom is -0.323 e. The summed E-state index contributed by atoms with van der Waals surface area (Å²) >= 11 is 0. The number of unbranched alkanes of at least 4 members (excludes halogenated alkanes) is 2. The quantitative estimate of drug-likeness (QED) is 0.406. The van der Waals surface area contributed by atoms with Crippen molar-refractivity contribution in [2.75, 3.05) is 14.1 Å². The first-order valence-electron chi connectivity index (χ1n) is 10.6. The van der Waals surface area contributed by atoms with E-state index in [-0.39, 0.29) is 0 Å². The van der Waals surface area contributed by atoms with Crippen LogP contribution in [0.1, 0.15) is 80.5 Å². The molecule has 0 saturated heterocycles. The van der Waals surface area contributed by atoms with Crippen molar-refractivity contribution in [2.24, 2.45) is 0 Å². The number of hydrogen-bond acceptors (Lipinski definition) is 1. The van der Waals surface area contributed by atoms with Crippen LogP contribution in [-0.2, 0) is 6.42 Å². The topological polar surface area (TPSA) is 12.0 Å². The van der Waals surface area contributed by atoms with Crippen LogP contribution in [0.3, 0.4) is 0 Å². The molecule has 27 heavy (non-hydrogen) atoms. The Balaban J connectivity index is 0.000000997. The van der Waals surface area contributed by atoms with Gasteiger partial charge in [0.15, 0.2) is 0 Å². The zero-order valence-corrected chi connectivity index (χ0v) is 18.8. The molecule has 1 nitrogen and oxygen atoms in total. The van der Waals surface area contributed by atoms with Gasteiger partial charge in [-0.15, -0.1) is 6.58 Å². The maximum absolute atomic E-state index is 3.94. The zero-order chi connectivity index (χ0) is 20.7. The van der Waals surface area contributed by atoms with E-state index in [0.717, 1.165) is 0 Å². The van der Waals surface area contributed by atoms with Crippen molar-refractivity contribution in [3.05, 3.63) is 71.3 Å². The molecule has 152 valence electrons. The molecule has 1 aromatic carbocycles. The molecule has 0 radical (unpaired) electrons. The summed E-state index contributed by atoms with van der Waals surface area (Å²) in [7, 11) is 3.75. The minimum atomic E-state index is 0.594. The van der Waals surface area contributed by atoms with Crippen molar-refractivity contribution in [3.8, 4) is 0 Å². The molecule has 0 aliphatic heterocycles. The Morgan fingerprint density at radius 3 is 2.15 bits per heavy atom. The Labute approximate surface area is 169 Å². The van der Waals surface area contributed by atoms with Gasteiger partial charge in [-0.1, -0.05) is 62.3 Å². The molecule has 0 spiro atoms. The van der Waals surface area contributed by atoms with E-state index >= 15 is 0 Å². The number of hydrogen-bond donors (Lipinski definition) is 1. The van der Waals surface area contributed by atoms with E-state index in [1.807, 2.05) is 27.1 Å². The van der Waals surface area contributed by atoms with Crippen molar-refractivity contribution in [1.29, 1.82) is 0 Å². The highest BCUT2D eigenvalue weighted by Gasteiger charge is 2.18. The van der Waals surface area contributed by atoms with Gasteiger partial charge < -0.3 is 5.32 Å². The molecule has 1 aromatic rings. The SMILES string of the molecule is C=CC.C=CC1=CC(c2c(C)cc(CCCCC)cc2C)CCC1.CNC. The second-order valence-corrected chi connectivity index (χ2v) is 7.45. The summed E-state index contributed by atoms with van der Waals surface area (Å²) in [5, 5.41) is 2.75. The first-order valence-corrected chi connectivity index (χ1v) is 10.6. The lowest BCUT2D eigenvalue weighted by Crippen LogP contribution is -2.07. The summed E-state index contributed by atoms with van der Waals surface area (Å²) in [5.41, 5.74) is 7.47. The first kappa shape index (κ1) is 25.4. The van der Waals surface area contributed by atoms with Gasteiger partial charge in [-0.2, -0.15) is 0 Å². The molecular weight excluding hydrogens is 326 g/mol. The molecule has 1 N–H and O–H groups in total. The lowest BCUT2D eigenvalue weighted by atomic mass is 9.81. The van der Waals surface area contributed by atoms with Crippen LogP contribution in [0.25, 0.3) is 0 Å². The highest BCUT2D eigenvalue weighted by molar-refractivity contribution is 5.43. The van der Waals surface area contributed by atoms with Crippen LogP contribution < -0.4 is 5.32 Å². The Morgan fingerprint density at radius 1 is 1.11 bits per heavy atom. The van der Waals surface area contributed by atoms with Crippen LogP contribution in [0, 0.1) is 13.8 Å². The van der Waals surface area contributed by atoms with Crippen LogP contribution in [0.2, 0.25) is 0 Å². The fraction of sp³-hybridized carbons (Fsp3) is 0.538. The van der Waals surface area contributed by atoms with Crippen molar-refractivity contribution in [3.63, 3.8) is 0 Å². The van der Waals surface area contributed by atoms with Gasteiger partial charge in [0.1, 0.15) is 0 Å². The first-order chi connectivity index (χ1) is 13.0. The van der Waals surface area contributed by atoms with Crippen LogP contribution in [0.15, 0.2) is 49.1 Å². The molecule has 0 bridgehead atoms. The van der Waals surface area contributed by atoms with E-state index in [2.05, 4.69) is 57.5 Å². The summed E-state index contributed by atoms with van der Waals surface area (Å²) in [6.07, 6.45) is 15.2. The van der Waals surface area contributed by atoms with Crippen LogP contribution in [-0.4, -0.2) is 14.1 Å². The second-order valence-electron chi connectivity index (χ2n) is 7.45. The van der Waals surface area contributed by atoms with Gasteiger partial charge in [0.05, 0.1) is 0 Å². The minimum absolute atomic E-state index is 0.594. The number of allylic oxidation sites excluding steroid dienone is 4. The number of benzene rings is 1. The Morgan fingerprint density at radius 2 is 1.67 bits per heavy atom. The standard InChI is InChI=1S/C21H30.C3H6.C2H7N/c1-5-7-8-10-19-13-16(3)21(17(4)14-19)20-12-9-11-18(6-2)15-20;2*1-3-2/h6,13-15,20H,2,5,7-12H2,1,3-4H3;3H,1H2,2H3;3H,1-2H3. The third-order valence-electron chi connectivity index (χ3n) is 4.75. The summed E-state index contributed by atoms with van der Waals surface area (Å²) in [6.45, 7) is 16.1. The smallest absolute Gasteiger partial charge is 0.00291 e. The van der Waals surface area contributed by atoms with Crippen molar-refractivity contribution in [2.45, 2.75) is 78.6 Å². The molecule has 1 heteroatoms. The predicted octanol–water partition coefficient (Wildman–Crippen LogP) is 7.44. The number of rotatable bonds is 6. The molecular formula is C26H43N. The molecule has 0 saturated carbocycles. The molecule has 2 rings (SSSR count). The fourth-order valence-electron chi connectivity index (χ4n) is 3.72. The highest BCUT2D eigenvalue weighted by Crippen LogP contribution is 2.35. The maximum atomic E-state index is 3.94. The van der Waals surface area contributed by atoms with Gasteiger partial charge in [0.25, 0.3) is 0 Å².